The van der Waals surface area contributed by atoms with Crippen LogP contribution >= 0.6 is 0 Å². The molecule has 0 aliphatic carbocycles. The van der Waals surface area contributed by atoms with E-state index in [0.717, 1.165) is 24.5 Å². The van der Waals surface area contributed by atoms with Crippen molar-refractivity contribution >= 4 is 51.3 Å². The van der Waals surface area contributed by atoms with E-state index in [2.05, 4.69) is 63.4 Å². The number of benzene rings is 3. The lowest BCUT2D eigenvalue weighted by Gasteiger charge is -2.21. The molecule has 0 aliphatic heterocycles. The lowest BCUT2D eigenvalue weighted by atomic mass is 10.2. The summed E-state index contributed by atoms with van der Waals surface area (Å²) in [6.07, 6.45) is 1.20. The Hall–Kier alpha value is -4.50. The number of hydrogen-bond acceptors (Lipinski definition) is 7. The number of aromatic nitrogens is 2. The summed E-state index contributed by atoms with van der Waals surface area (Å²) in [7, 11) is 6.17. The molecule has 1 amide bonds. The number of halogens is 1. The number of likely N-dealkylation sites (N-methyl/N-ethyl adjacent to an activating group) is 2. The number of nitrogens with zero attached hydrogens (tertiary/aromatic N) is 4. The molecule has 1 aromatic heterocycles. The Labute approximate surface area is 215 Å². The summed E-state index contributed by atoms with van der Waals surface area (Å²) < 4.78 is 14.1. The number of hydrogen-bond donors (Lipinski definition) is 3. The first-order valence-electron chi connectivity index (χ1n) is 11.8. The maximum absolute atomic E-state index is 14.1. The lowest BCUT2D eigenvalue weighted by molar-refractivity contribution is -0.111. The van der Waals surface area contributed by atoms with Crippen LogP contribution in [0.4, 0.5) is 38.9 Å². The average molecular weight is 500 g/mol. The molecule has 0 aliphatic rings. The fourth-order valence-corrected chi connectivity index (χ4v) is 3.66. The van der Waals surface area contributed by atoms with Crippen LogP contribution in [0.3, 0.4) is 0 Å². The Morgan fingerprint density at radius 2 is 1.68 bits per heavy atom. The van der Waals surface area contributed by atoms with Gasteiger partial charge in [0.05, 0.1) is 5.52 Å². The van der Waals surface area contributed by atoms with Gasteiger partial charge >= 0.3 is 0 Å². The minimum absolute atomic E-state index is 0.312. The SMILES string of the molecule is C=CC(=O)Nc1cccc(Nc2nc(Nc3ccc(N(C)CCN(C)C)cc3)nc3ccc(F)cc23)c1. The van der Waals surface area contributed by atoms with Gasteiger partial charge in [-0.2, -0.15) is 4.98 Å². The molecule has 4 aromatic rings. The highest BCUT2D eigenvalue weighted by Crippen LogP contribution is 2.28. The molecule has 4 rings (SSSR count). The number of nitrogens with one attached hydrogen (secondary N) is 3. The van der Waals surface area contributed by atoms with Crippen molar-refractivity contribution in [2.45, 2.75) is 0 Å². The summed E-state index contributed by atoms with van der Waals surface area (Å²) >= 11 is 0. The first-order valence-corrected chi connectivity index (χ1v) is 11.8. The van der Waals surface area contributed by atoms with E-state index in [1.54, 1.807) is 24.3 Å². The van der Waals surface area contributed by atoms with Crippen LogP contribution in [-0.2, 0) is 4.79 Å². The van der Waals surface area contributed by atoms with Gasteiger partial charge in [0.15, 0.2) is 0 Å². The van der Waals surface area contributed by atoms with Gasteiger partial charge in [0.2, 0.25) is 11.9 Å². The van der Waals surface area contributed by atoms with Crippen LogP contribution in [0.1, 0.15) is 0 Å². The van der Waals surface area contributed by atoms with Crippen LogP contribution in [-0.4, -0.2) is 55.0 Å². The normalized spacial score (nSPS) is 10.8. The van der Waals surface area contributed by atoms with Crippen LogP contribution in [0, 0.1) is 5.82 Å². The molecule has 3 N–H and O–H groups in total. The fraction of sp³-hybridized carbons (Fsp3) is 0.179. The van der Waals surface area contributed by atoms with Gasteiger partial charge in [-0.3, -0.25) is 4.79 Å². The van der Waals surface area contributed by atoms with Crippen LogP contribution < -0.4 is 20.9 Å². The van der Waals surface area contributed by atoms with Gasteiger partial charge in [-0.05, 0) is 80.8 Å². The Morgan fingerprint density at radius 3 is 2.41 bits per heavy atom. The molecule has 9 heteroatoms. The average Bonchev–Trinajstić information content (AvgIpc) is 2.88. The molecule has 0 radical (unpaired) electrons. The van der Waals surface area contributed by atoms with Gasteiger partial charge in [-0.25, -0.2) is 9.37 Å². The smallest absolute Gasteiger partial charge is 0.247 e. The van der Waals surface area contributed by atoms with Gasteiger partial charge < -0.3 is 25.8 Å². The Morgan fingerprint density at radius 1 is 0.919 bits per heavy atom. The zero-order valence-electron chi connectivity index (χ0n) is 21.1. The third kappa shape index (κ3) is 6.80. The number of amides is 1. The van der Waals surface area contributed by atoms with Crippen molar-refractivity contribution in [1.29, 1.82) is 0 Å². The van der Waals surface area contributed by atoms with E-state index < -0.39 is 0 Å². The van der Waals surface area contributed by atoms with Crippen molar-refractivity contribution in [3.05, 3.63) is 85.2 Å². The van der Waals surface area contributed by atoms with Crippen molar-refractivity contribution in [2.75, 3.05) is 55.1 Å². The van der Waals surface area contributed by atoms with Crippen molar-refractivity contribution in [2.24, 2.45) is 0 Å². The number of anilines is 6. The summed E-state index contributed by atoms with van der Waals surface area (Å²) in [4.78, 5) is 25.2. The number of rotatable bonds is 10. The largest absolute Gasteiger partial charge is 0.373 e. The van der Waals surface area contributed by atoms with E-state index in [1.165, 1.54) is 18.2 Å². The maximum Gasteiger partial charge on any atom is 0.247 e. The third-order valence-corrected chi connectivity index (χ3v) is 5.68. The van der Waals surface area contributed by atoms with Crippen molar-refractivity contribution in [3.8, 4) is 0 Å². The highest BCUT2D eigenvalue weighted by molar-refractivity contribution is 5.99. The molecule has 3 aromatic carbocycles. The van der Waals surface area contributed by atoms with E-state index in [1.807, 2.05) is 30.3 Å². The standard InChI is InChI=1S/C28H30FN7O/c1-5-26(37)30-21-7-6-8-22(18-21)31-27-24-17-19(29)9-14-25(24)33-28(34-27)32-20-10-12-23(13-11-20)36(4)16-15-35(2)3/h5-14,17-18H,1,15-16H2,2-4H3,(H,30,37)(H2,31,32,33,34). The Kier molecular flexibility index (Phi) is 7.95. The fourth-order valence-electron chi connectivity index (χ4n) is 3.66. The number of carbonyl (C=O) groups is 1. The number of carbonyl (C=O) groups excluding carboxylic acids is 1. The predicted molar refractivity (Wildman–Crippen MR) is 150 cm³/mol. The summed E-state index contributed by atoms with van der Waals surface area (Å²) in [6.45, 7) is 5.34. The maximum atomic E-state index is 14.1. The highest BCUT2D eigenvalue weighted by Gasteiger charge is 2.11. The molecule has 0 saturated heterocycles. The van der Waals surface area contributed by atoms with Crippen molar-refractivity contribution in [1.82, 2.24) is 14.9 Å². The zero-order valence-corrected chi connectivity index (χ0v) is 21.1. The van der Waals surface area contributed by atoms with Crippen LogP contribution in [0.5, 0.6) is 0 Å². The minimum Gasteiger partial charge on any atom is -0.373 e. The Bertz CT molecular complexity index is 1410. The summed E-state index contributed by atoms with van der Waals surface area (Å²) in [6, 6.07) is 19.5. The first-order chi connectivity index (χ1) is 17.8. The molecular weight excluding hydrogens is 469 g/mol. The molecule has 0 fully saturated rings. The Balaban J connectivity index is 1.59. The molecule has 0 atom stereocenters. The molecule has 37 heavy (non-hydrogen) atoms. The molecule has 8 nitrogen and oxygen atoms in total. The van der Waals surface area contributed by atoms with Crippen LogP contribution in [0.25, 0.3) is 10.9 Å². The molecule has 1 heterocycles. The topological polar surface area (TPSA) is 85.4 Å². The molecule has 0 bridgehead atoms. The second kappa shape index (κ2) is 11.5. The summed E-state index contributed by atoms with van der Waals surface area (Å²) in [5.74, 6) is 0.0969. The first kappa shape index (κ1) is 25.6. The monoisotopic (exact) mass is 499 g/mol. The summed E-state index contributed by atoms with van der Waals surface area (Å²) in [5, 5.41) is 9.74. The van der Waals surface area contributed by atoms with E-state index in [4.69, 9.17) is 0 Å². The van der Waals surface area contributed by atoms with Gasteiger partial charge in [0.1, 0.15) is 11.6 Å². The molecule has 0 spiro atoms. The van der Waals surface area contributed by atoms with E-state index in [9.17, 15) is 9.18 Å². The van der Waals surface area contributed by atoms with Crippen molar-refractivity contribution in [3.63, 3.8) is 0 Å². The molecule has 0 unspecified atom stereocenters. The second-order valence-electron chi connectivity index (χ2n) is 8.85. The zero-order chi connectivity index (χ0) is 26.4. The van der Waals surface area contributed by atoms with Gasteiger partial charge in [0.25, 0.3) is 0 Å². The minimum atomic E-state index is -0.388. The summed E-state index contributed by atoms with van der Waals surface area (Å²) in [5.41, 5.74) is 3.77. The predicted octanol–water partition coefficient (Wildman–Crippen LogP) is 5.38. The van der Waals surface area contributed by atoms with Gasteiger partial charge in [-0.1, -0.05) is 12.6 Å². The van der Waals surface area contributed by atoms with Gasteiger partial charge in [-0.15, -0.1) is 0 Å². The quantitative estimate of drug-likeness (QED) is 0.253. The van der Waals surface area contributed by atoms with Crippen LogP contribution in [0.2, 0.25) is 0 Å². The van der Waals surface area contributed by atoms with E-state index >= 15 is 0 Å². The lowest BCUT2D eigenvalue weighted by Crippen LogP contribution is -2.28. The third-order valence-electron chi connectivity index (χ3n) is 5.68. The number of fused-ring (bicyclic) bond motifs is 1. The van der Waals surface area contributed by atoms with E-state index in [0.29, 0.717) is 34.0 Å². The van der Waals surface area contributed by atoms with Crippen LogP contribution in [0.15, 0.2) is 79.4 Å². The highest BCUT2D eigenvalue weighted by atomic mass is 19.1. The van der Waals surface area contributed by atoms with Gasteiger partial charge in [0, 0.05) is 48.3 Å². The molecule has 0 saturated carbocycles. The second-order valence-corrected chi connectivity index (χ2v) is 8.85. The molecular formula is C28H30FN7O. The van der Waals surface area contributed by atoms with E-state index in [-0.39, 0.29) is 11.7 Å². The molecule has 190 valence electrons. The van der Waals surface area contributed by atoms with Crippen molar-refractivity contribution < 1.29 is 9.18 Å².